The summed E-state index contributed by atoms with van der Waals surface area (Å²) in [6, 6.07) is 20.4. The maximum Gasteiger partial charge on any atom is 0.573 e. The number of rotatable bonds is 8. The molecule has 0 saturated heterocycles. The topological polar surface area (TPSA) is 42.5 Å². The van der Waals surface area contributed by atoms with Crippen molar-refractivity contribution < 1.29 is 22.6 Å². The van der Waals surface area contributed by atoms with E-state index in [1.54, 1.807) is 24.3 Å². The number of alkyl halides is 3. The van der Waals surface area contributed by atoms with E-state index < -0.39 is 6.36 Å². The Morgan fingerprint density at radius 1 is 0.781 bits per heavy atom. The van der Waals surface area contributed by atoms with E-state index in [-0.39, 0.29) is 5.75 Å². The number of thiocarbonyl (C=S) groups is 1. The van der Waals surface area contributed by atoms with Gasteiger partial charge in [-0.1, -0.05) is 25.5 Å². The molecular weight excluding hydrogens is 437 g/mol. The van der Waals surface area contributed by atoms with E-state index in [9.17, 15) is 13.2 Å². The third kappa shape index (κ3) is 7.77. The number of halogens is 3. The standard InChI is InChI=1S/C24H23F3N2O2S/c1-2-3-4-17-5-7-18(8-6-17)28-23(32)29-19-9-11-20(12-10-19)30-21-13-15-22(16-14-21)31-24(25,26)27/h5-16H,2-4H2,1H3,(H2,28,29,32). The first-order valence-corrected chi connectivity index (χ1v) is 10.5. The van der Waals surface area contributed by atoms with E-state index in [4.69, 9.17) is 17.0 Å². The van der Waals surface area contributed by atoms with Gasteiger partial charge in [0.2, 0.25) is 0 Å². The predicted molar refractivity (Wildman–Crippen MR) is 125 cm³/mol. The van der Waals surface area contributed by atoms with Crippen molar-refractivity contribution >= 4 is 28.7 Å². The number of ether oxygens (including phenoxy) is 2. The molecule has 0 fully saturated rings. The minimum absolute atomic E-state index is 0.305. The van der Waals surface area contributed by atoms with Gasteiger partial charge in [0.1, 0.15) is 17.2 Å². The molecule has 0 saturated carbocycles. The van der Waals surface area contributed by atoms with Crippen molar-refractivity contribution in [2.24, 2.45) is 0 Å². The summed E-state index contributed by atoms with van der Waals surface area (Å²) in [5.41, 5.74) is 2.97. The van der Waals surface area contributed by atoms with Crippen molar-refractivity contribution in [1.29, 1.82) is 0 Å². The Morgan fingerprint density at radius 2 is 1.25 bits per heavy atom. The molecule has 3 aromatic carbocycles. The zero-order chi connectivity index (χ0) is 23.0. The molecule has 0 bridgehead atoms. The zero-order valence-electron chi connectivity index (χ0n) is 17.4. The highest BCUT2D eigenvalue weighted by atomic mass is 32.1. The van der Waals surface area contributed by atoms with E-state index >= 15 is 0 Å². The van der Waals surface area contributed by atoms with E-state index in [0.29, 0.717) is 16.6 Å². The van der Waals surface area contributed by atoms with Gasteiger partial charge in [-0.15, -0.1) is 13.2 Å². The zero-order valence-corrected chi connectivity index (χ0v) is 18.2. The summed E-state index contributed by atoms with van der Waals surface area (Å²) in [5.74, 6) is 0.613. The molecule has 0 aliphatic heterocycles. The fourth-order valence-electron chi connectivity index (χ4n) is 2.88. The fourth-order valence-corrected chi connectivity index (χ4v) is 3.12. The van der Waals surface area contributed by atoms with Crippen LogP contribution in [0.25, 0.3) is 0 Å². The predicted octanol–water partition coefficient (Wildman–Crippen LogP) is 7.53. The summed E-state index contributed by atoms with van der Waals surface area (Å²) in [4.78, 5) is 0. The van der Waals surface area contributed by atoms with Crippen LogP contribution in [-0.4, -0.2) is 11.5 Å². The fraction of sp³-hybridized carbons (Fsp3) is 0.208. The lowest BCUT2D eigenvalue weighted by Crippen LogP contribution is -2.18. The molecule has 2 N–H and O–H groups in total. The monoisotopic (exact) mass is 460 g/mol. The van der Waals surface area contributed by atoms with Gasteiger partial charge in [-0.3, -0.25) is 0 Å². The Bertz CT molecular complexity index is 1010. The van der Waals surface area contributed by atoms with Crippen molar-refractivity contribution in [1.82, 2.24) is 0 Å². The van der Waals surface area contributed by atoms with Gasteiger partial charge in [0, 0.05) is 11.4 Å². The van der Waals surface area contributed by atoms with Gasteiger partial charge in [0.15, 0.2) is 5.11 Å². The molecule has 168 valence electrons. The van der Waals surface area contributed by atoms with E-state index in [1.165, 1.54) is 42.7 Å². The summed E-state index contributed by atoms with van der Waals surface area (Å²) in [7, 11) is 0. The Labute approximate surface area is 190 Å². The van der Waals surface area contributed by atoms with Crippen LogP contribution in [0.1, 0.15) is 25.3 Å². The molecule has 3 aromatic rings. The van der Waals surface area contributed by atoms with Crippen LogP contribution in [0.3, 0.4) is 0 Å². The van der Waals surface area contributed by atoms with Crippen molar-refractivity contribution in [3.05, 3.63) is 78.4 Å². The minimum Gasteiger partial charge on any atom is -0.457 e. The van der Waals surface area contributed by atoms with Crippen LogP contribution < -0.4 is 20.1 Å². The Kier molecular flexibility index (Phi) is 7.94. The van der Waals surface area contributed by atoms with Crippen molar-refractivity contribution in [2.75, 3.05) is 10.6 Å². The number of unbranched alkanes of at least 4 members (excludes halogenated alkanes) is 1. The summed E-state index contributed by atoms with van der Waals surface area (Å²) >= 11 is 5.36. The van der Waals surface area contributed by atoms with Crippen molar-refractivity contribution in [3.8, 4) is 17.2 Å². The summed E-state index contributed by atoms with van der Waals surface area (Å²) < 4.78 is 46.2. The summed E-state index contributed by atoms with van der Waals surface area (Å²) in [6.45, 7) is 2.17. The van der Waals surface area contributed by atoms with Gasteiger partial charge in [-0.2, -0.15) is 0 Å². The van der Waals surface area contributed by atoms with Gasteiger partial charge in [-0.25, -0.2) is 0 Å². The van der Waals surface area contributed by atoms with Gasteiger partial charge in [0.25, 0.3) is 0 Å². The normalized spacial score (nSPS) is 11.0. The molecule has 32 heavy (non-hydrogen) atoms. The number of aryl methyl sites for hydroxylation is 1. The van der Waals surface area contributed by atoms with Crippen molar-refractivity contribution in [3.63, 3.8) is 0 Å². The first-order valence-electron chi connectivity index (χ1n) is 10.1. The first kappa shape index (κ1) is 23.4. The molecule has 0 unspecified atom stereocenters. The second-order valence-electron chi connectivity index (χ2n) is 7.03. The van der Waals surface area contributed by atoms with E-state index in [0.717, 1.165) is 17.8 Å². The second kappa shape index (κ2) is 10.9. The lowest BCUT2D eigenvalue weighted by atomic mass is 10.1. The molecule has 0 radical (unpaired) electrons. The van der Waals surface area contributed by atoms with Gasteiger partial charge < -0.3 is 20.1 Å². The third-order valence-electron chi connectivity index (χ3n) is 4.44. The van der Waals surface area contributed by atoms with Crippen LogP contribution in [0, 0.1) is 0 Å². The second-order valence-corrected chi connectivity index (χ2v) is 7.43. The molecule has 0 heterocycles. The highest BCUT2D eigenvalue weighted by molar-refractivity contribution is 7.80. The molecule has 0 atom stereocenters. The minimum atomic E-state index is -4.72. The summed E-state index contributed by atoms with van der Waals surface area (Å²) in [5, 5.41) is 6.71. The lowest BCUT2D eigenvalue weighted by Gasteiger charge is -2.12. The van der Waals surface area contributed by atoms with Gasteiger partial charge in [-0.05, 0) is 91.3 Å². The molecule has 3 rings (SSSR count). The Hall–Kier alpha value is -3.26. The molecule has 0 aliphatic carbocycles. The smallest absolute Gasteiger partial charge is 0.457 e. The van der Waals surface area contributed by atoms with Crippen LogP contribution in [0.15, 0.2) is 72.8 Å². The summed E-state index contributed by atoms with van der Waals surface area (Å²) in [6.07, 6.45) is -1.32. The van der Waals surface area contributed by atoms with E-state index in [2.05, 4.69) is 34.4 Å². The maximum absolute atomic E-state index is 12.2. The van der Waals surface area contributed by atoms with Crippen LogP contribution >= 0.6 is 12.2 Å². The maximum atomic E-state index is 12.2. The van der Waals surface area contributed by atoms with Crippen LogP contribution in [0.2, 0.25) is 0 Å². The molecule has 0 aliphatic rings. The molecular formula is C24H23F3N2O2S. The van der Waals surface area contributed by atoms with Crippen LogP contribution in [0.5, 0.6) is 17.2 Å². The molecule has 4 nitrogen and oxygen atoms in total. The average Bonchev–Trinajstić information content (AvgIpc) is 2.75. The SMILES string of the molecule is CCCCc1ccc(NC(=S)Nc2ccc(Oc3ccc(OC(F)(F)F)cc3)cc2)cc1. The Morgan fingerprint density at radius 3 is 1.75 bits per heavy atom. The first-order chi connectivity index (χ1) is 15.3. The number of nitrogens with one attached hydrogen (secondary N) is 2. The van der Waals surface area contributed by atoms with E-state index in [1.807, 2.05) is 12.1 Å². The number of hydrogen-bond acceptors (Lipinski definition) is 3. The number of hydrogen-bond donors (Lipinski definition) is 2. The van der Waals surface area contributed by atoms with Crippen LogP contribution in [-0.2, 0) is 6.42 Å². The highest BCUT2D eigenvalue weighted by Crippen LogP contribution is 2.28. The van der Waals surface area contributed by atoms with Crippen LogP contribution in [0.4, 0.5) is 24.5 Å². The number of benzene rings is 3. The lowest BCUT2D eigenvalue weighted by molar-refractivity contribution is -0.274. The number of anilines is 2. The molecule has 8 heteroatoms. The van der Waals surface area contributed by atoms with Crippen molar-refractivity contribution in [2.45, 2.75) is 32.5 Å². The molecule has 0 aromatic heterocycles. The molecule has 0 spiro atoms. The quantitative estimate of drug-likeness (QED) is 0.340. The largest absolute Gasteiger partial charge is 0.573 e. The molecule has 0 amide bonds. The highest BCUT2D eigenvalue weighted by Gasteiger charge is 2.30. The van der Waals surface area contributed by atoms with Gasteiger partial charge in [0.05, 0.1) is 0 Å². The van der Waals surface area contributed by atoms with Gasteiger partial charge >= 0.3 is 6.36 Å². The average molecular weight is 461 g/mol. The Balaban J connectivity index is 1.50. The third-order valence-corrected chi connectivity index (χ3v) is 4.64.